The summed E-state index contributed by atoms with van der Waals surface area (Å²) in [6.45, 7) is 2.29. The Kier molecular flexibility index (Phi) is 5.30. The molecular weight excluding hydrogens is 588 g/mol. The molecular formula is C28H16BrClN4O3S. The maximum Gasteiger partial charge on any atom is 0.291 e. The van der Waals surface area contributed by atoms with Crippen molar-refractivity contribution in [1.82, 2.24) is 14.6 Å². The third-order valence-electron chi connectivity index (χ3n) is 6.66. The number of aromatic nitrogens is 3. The molecule has 0 bridgehead atoms. The lowest BCUT2D eigenvalue weighted by Gasteiger charge is -2.17. The number of amides is 1. The highest BCUT2D eigenvalue weighted by atomic mass is 79.9. The van der Waals surface area contributed by atoms with E-state index in [1.165, 1.54) is 4.52 Å². The van der Waals surface area contributed by atoms with Gasteiger partial charge in [0, 0.05) is 26.0 Å². The smallest absolute Gasteiger partial charge is 0.291 e. The van der Waals surface area contributed by atoms with E-state index in [-0.39, 0.29) is 11.5 Å². The molecule has 3 aromatic heterocycles. The first-order valence-electron chi connectivity index (χ1n) is 11.7. The Balaban J connectivity index is 1.38. The first kappa shape index (κ1) is 23.3. The van der Waals surface area contributed by atoms with Crippen LogP contribution in [0.3, 0.4) is 0 Å². The number of hydrogen-bond donors (Lipinski definition) is 0. The number of nitrogens with zero attached hydrogens (tertiary/aromatic N) is 4. The summed E-state index contributed by atoms with van der Waals surface area (Å²) in [5.41, 5.74) is 3.95. The van der Waals surface area contributed by atoms with Crippen molar-refractivity contribution in [2.24, 2.45) is 0 Å². The van der Waals surface area contributed by atoms with E-state index in [1.54, 1.807) is 17.0 Å². The first-order valence-corrected chi connectivity index (χ1v) is 13.7. The van der Waals surface area contributed by atoms with E-state index < -0.39 is 0 Å². The molecule has 0 atom stereocenters. The summed E-state index contributed by atoms with van der Waals surface area (Å²) in [6.07, 6.45) is 0. The molecule has 38 heavy (non-hydrogen) atoms. The molecule has 10 heteroatoms. The Morgan fingerprint density at radius 3 is 2.61 bits per heavy atom. The van der Waals surface area contributed by atoms with E-state index in [1.807, 2.05) is 61.5 Å². The number of fused-ring (bicyclic) bond motifs is 3. The van der Waals surface area contributed by atoms with Crippen LogP contribution < -0.4 is 15.0 Å². The van der Waals surface area contributed by atoms with Crippen molar-refractivity contribution in [1.29, 1.82) is 0 Å². The van der Waals surface area contributed by atoms with Crippen LogP contribution >= 0.6 is 38.9 Å². The number of rotatable bonds is 3. The predicted octanol–water partition coefficient (Wildman–Crippen LogP) is 5.75. The second-order valence-corrected chi connectivity index (χ2v) is 11.3. The minimum atomic E-state index is -0.389. The number of carbonyl (C=O) groups excluding carboxylic acids is 1. The Morgan fingerprint density at radius 2 is 1.84 bits per heavy atom. The first-order chi connectivity index (χ1) is 18.4. The highest BCUT2D eigenvalue weighted by molar-refractivity contribution is 9.10. The predicted molar refractivity (Wildman–Crippen MR) is 152 cm³/mol. The van der Waals surface area contributed by atoms with Crippen molar-refractivity contribution in [2.45, 2.75) is 13.5 Å². The fourth-order valence-electron chi connectivity index (χ4n) is 4.82. The second-order valence-electron chi connectivity index (χ2n) is 8.97. The van der Waals surface area contributed by atoms with E-state index in [2.05, 4.69) is 26.0 Å². The summed E-state index contributed by atoms with van der Waals surface area (Å²) < 4.78 is 8.36. The van der Waals surface area contributed by atoms with Crippen LogP contribution in [0.25, 0.3) is 33.1 Å². The van der Waals surface area contributed by atoms with Crippen LogP contribution in [0.2, 0.25) is 5.02 Å². The van der Waals surface area contributed by atoms with Crippen LogP contribution in [0.4, 0.5) is 5.69 Å². The van der Waals surface area contributed by atoms with E-state index in [0.29, 0.717) is 43.8 Å². The van der Waals surface area contributed by atoms with Gasteiger partial charge in [0.25, 0.3) is 11.5 Å². The molecule has 1 amide bonds. The maximum atomic E-state index is 13.8. The van der Waals surface area contributed by atoms with Crippen molar-refractivity contribution in [3.05, 3.63) is 108 Å². The zero-order valence-corrected chi connectivity index (χ0v) is 22.9. The average molecular weight is 604 g/mol. The summed E-state index contributed by atoms with van der Waals surface area (Å²) in [5.74, 6) is 0.614. The molecule has 186 valence electrons. The minimum absolute atomic E-state index is 0.247. The number of para-hydroxylation sites is 1. The van der Waals surface area contributed by atoms with Gasteiger partial charge in [-0.3, -0.25) is 9.59 Å². The summed E-state index contributed by atoms with van der Waals surface area (Å²) in [4.78, 5) is 34.0. The topological polar surface area (TPSA) is 80.7 Å². The molecule has 0 radical (unpaired) electrons. The van der Waals surface area contributed by atoms with E-state index >= 15 is 0 Å². The molecule has 3 aromatic carbocycles. The number of benzene rings is 3. The third kappa shape index (κ3) is 3.53. The Morgan fingerprint density at radius 1 is 1.05 bits per heavy atom. The van der Waals surface area contributed by atoms with Gasteiger partial charge in [-0.1, -0.05) is 69.2 Å². The van der Waals surface area contributed by atoms with Crippen molar-refractivity contribution in [3.63, 3.8) is 0 Å². The zero-order chi connectivity index (χ0) is 26.1. The van der Waals surface area contributed by atoms with Gasteiger partial charge in [0.2, 0.25) is 10.8 Å². The van der Waals surface area contributed by atoms with E-state index in [9.17, 15) is 9.59 Å². The summed E-state index contributed by atoms with van der Waals surface area (Å²) in [7, 11) is 0. The molecule has 0 fully saturated rings. The highest BCUT2D eigenvalue weighted by Gasteiger charge is 2.35. The number of aryl methyl sites for hydroxylation is 1. The van der Waals surface area contributed by atoms with E-state index in [4.69, 9.17) is 16.0 Å². The Bertz CT molecular complexity index is 2040. The molecule has 7 nitrogen and oxygen atoms in total. The normalized spacial score (nSPS) is 14.7. The van der Waals surface area contributed by atoms with E-state index in [0.717, 1.165) is 43.6 Å². The number of halogens is 2. The lowest BCUT2D eigenvalue weighted by molar-refractivity contribution is -0.113. The fourth-order valence-corrected chi connectivity index (χ4v) is 6.31. The molecule has 6 aromatic rings. The largest absolute Gasteiger partial charge is 0.452 e. The van der Waals surface area contributed by atoms with Gasteiger partial charge in [0.1, 0.15) is 10.1 Å². The summed E-state index contributed by atoms with van der Waals surface area (Å²) in [5, 5.41) is 6.07. The number of furan rings is 1. The van der Waals surface area contributed by atoms with Crippen molar-refractivity contribution in [3.8, 4) is 11.6 Å². The van der Waals surface area contributed by atoms with Crippen LogP contribution in [-0.2, 0) is 11.3 Å². The Hall–Kier alpha value is -3.79. The molecule has 7 rings (SSSR count). The molecule has 1 aliphatic rings. The number of anilines is 1. The van der Waals surface area contributed by atoms with Crippen LogP contribution in [0.15, 0.2) is 80.4 Å². The molecule has 0 unspecified atom stereocenters. The molecule has 4 heterocycles. The van der Waals surface area contributed by atoms with Crippen LogP contribution in [0, 0.1) is 6.92 Å². The zero-order valence-electron chi connectivity index (χ0n) is 19.7. The van der Waals surface area contributed by atoms with Gasteiger partial charge in [-0.25, -0.2) is 0 Å². The SMILES string of the molecule is Cc1c(-c2nc3sc(=C4C(=O)N(Cc5ccc(Cl)cc5)c5ccc(Br)cc54)c(=O)n3n2)oc2ccccc12. The van der Waals surface area contributed by atoms with Crippen LogP contribution in [0.1, 0.15) is 16.7 Å². The summed E-state index contributed by atoms with van der Waals surface area (Å²) in [6, 6.07) is 20.7. The van der Waals surface area contributed by atoms with Crippen molar-refractivity contribution < 1.29 is 9.21 Å². The van der Waals surface area contributed by atoms with Gasteiger partial charge >= 0.3 is 0 Å². The molecule has 1 aliphatic heterocycles. The maximum absolute atomic E-state index is 13.8. The number of thiazole rings is 1. The summed E-state index contributed by atoms with van der Waals surface area (Å²) >= 11 is 10.7. The lowest BCUT2D eigenvalue weighted by Crippen LogP contribution is -2.32. The average Bonchev–Trinajstić information content (AvgIpc) is 3.62. The lowest BCUT2D eigenvalue weighted by atomic mass is 10.1. The Labute approximate surface area is 232 Å². The van der Waals surface area contributed by atoms with Gasteiger partial charge in [-0.2, -0.15) is 9.50 Å². The standard InChI is InChI=1S/C28H16BrClN4O3S/c1-14-18-4-2-3-5-21(18)37-23(14)25-31-28-34(32-25)27(36)24(38-28)22-19-12-16(29)8-11-20(19)33(26(22)35)13-15-6-9-17(30)10-7-15/h2-12H,13H2,1H3. The quantitative estimate of drug-likeness (QED) is 0.257. The van der Waals surface area contributed by atoms with Crippen molar-refractivity contribution >= 4 is 72.0 Å². The van der Waals surface area contributed by atoms with Gasteiger partial charge in [-0.15, -0.1) is 5.10 Å². The molecule has 0 spiro atoms. The highest BCUT2D eigenvalue weighted by Crippen LogP contribution is 2.38. The molecule has 0 saturated carbocycles. The van der Waals surface area contributed by atoms with Gasteiger partial charge in [-0.05, 0) is 48.9 Å². The van der Waals surface area contributed by atoms with Gasteiger partial charge < -0.3 is 9.32 Å². The fraction of sp³-hybridized carbons (Fsp3) is 0.0714. The monoisotopic (exact) mass is 602 g/mol. The van der Waals surface area contributed by atoms with Crippen LogP contribution in [-0.4, -0.2) is 20.5 Å². The van der Waals surface area contributed by atoms with Gasteiger partial charge in [0.05, 0.1) is 17.8 Å². The second kappa shape index (κ2) is 8.62. The van der Waals surface area contributed by atoms with Crippen LogP contribution in [0.5, 0.6) is 0 Å². The molecule has 0 N–H and O–H groups in total. The molecule has 0 aliphatic carbocycles. The van der Waals surface area contributed by atoms with Crippen molar-refractivity contribution in [2.75, 3.05) is 4.90 Å². The van der Waals surface area contributed by atoms with Gasteiger partial charge in [0.15, 0.2) is 5.76 Å². The molecule has 0 saturated heterocycles. The third-order valence-corrected chi connectivity index (χ3v) is 8.44. The number of hydrogen-bond acceptors (Lipinski definition) is 6. The number of carbonyl (C=O) groups is 1. The minimum Gasteiger partial charge on any atom is -0.452 e.